The number of nitrogens with two attached hydrogens (primary N) is 1. The van der Waals surface area contributed by atoms with Gasteiger partial charge < -0.3 is 11.1 Å². The standard InChI is InChI=1S/C14H17BrN4O.2ClH/c1-8-4-11(15)6-12(14(8)16)17-13(20)7-19-10(3)5-9(2)18-19;;/h4-6H,7,16H2,1-3H3,(H,17,20);2*1H. The summed E-state index contributed by atoms with van der Waals surface area (Å²) < 4.78 is 2.55. The Labute approximate surface area is 150 Å². The van der Waals surface area contributed by atoms with Crippen LogP contribution in [0.2, 0.25) is 0 Å². The average molecular weight is 410 g/mol. The lowest BCUT2D eigenvalue weighted by molar-refractivity contribution is -0.116. The highest BCUT2D eigenvalue weighted by Crippen LogP contribution is 2.27. The highest BCUT2D eigenvalue weighted by atomic mass is 79.9. The van der Waals surface area contributed by atoms with Gasteiger partial charge in [0, 0.05) is 10.2 Å². The van der Waals surface area contributed by atoms with Crippen molar-refractivity contribution in [3.05, 3.63) is 39.6 Å². The van der Waals surface area contributed by atoms with Gasteiger partial charge in [0.25, 0.3) is 0 Å². The second-order valence-corrected chi connectivity index (χ2v) is 5.73. The van der Waals surface area contributed by atoms with Crippen LogP contribution in [0, 0.1) is 20.8 Å². The van der Waals surface area contributed by atoms with Gasteiger partial charge in [-0.15, -0.1) is 24.8 Å². The smallest absolute Gasteiger partial charge is 0.246 e. The first-order valence-corrected chi connectivity index (χ1v) is 7.02. The van der Waals surface area contributed by atoms with Gasteiger partial charge in [-0.3, -0.25) is 9.48 Å². The normalized spacial score (nSPS) is 9.64. The Morgan fingerprint density at radius 1 is 1.27 bits per heavy atom. The number of carbonyl (C=O) groups is 1. The number of carbonyl (C=O) groups excluding carboxylic acids is 1. The van der Waals surface area contributed by atoms with Gasteiger partial charge >= 0.3 is 0 Å². The van der Waals surface area contributed by atoms with Crippen LogP contribution in [0.25, 0.3) is 0 Å². The Kier molecular flexibility index (Phi) is 7.93. The summed E-state index contributed by atoms with van der Waals surface area (Å²) in [5.41, 5.74) is 9.93. The molecule has 2 rings (SSSR count). The fourth-order valence-electron chi connectivity index (χ4n) is 2.02. The van der Waals surface area contributed by atoms with E-state index in [0.717, 1.165) is 21.4 Å². The number of hydrogen-bond acceptors (Lipinski definition) is 3. The van der Waals surface area contributed by atoms with Gasteiger partial charge in [-0.1, -0.05) is 15.9 Å². The van der Waals surface area contributed by atoms with Crippen molar-refractivity contribution < 1.29 is 4.79 Å². The second kappa shape index (κ2) is 8.41. The summed E-state index contributed by atoms with van der Waals surface area (Å²) in [6.07, 6.45) is 0. The molecule has 1 aromatic carbocycles. The largest absolute Gasteiger partial charge is 0.397 e. The predicted octanol–water partition coefficient (Wildman–Crippen LogP) is 3.64. The molecule has 0 spiro atoms. The van der Waals surface area contributed by atoms with E-state index in [1.807, 2.05) is 32.9 Å². The van der Waals surface area contributed by atoms with Crippen LogP contribution in [0.15, 0.2) is 22.7 Å². The Morgan fingerprint density at radius 2 is 1.91 bits per heavy atom. The summed E-state index contributed by atoms with van der Waals surface area (Å²) in [4.78, 5) is 12.1. The highest BCUT2D eigenvalue weighted by molar-refractivity contribution is 9.10. The molecule has 2 aromatic rings. The maximum absolute atomic E-state index is 12.1. The molecule has 8 heteroatoms. The van der Waals surface area contributed by atoms with Crippen LogP contribution in [0.1, 0.15) is 17.0 Å². The summed E-state index contributed by atoms with van der Waals surface area (Å²) in [6.45, 7) is 5.89. The van der Waals surface area contributed by atoms with Crippen LogP contribution in [0.5, 0.6) is 0 Å². The van der Waals surface area contributed by atoms with Crippen molar-refractivity contribution in [2.45, 2.75) is 27.3 Å². The summed E-state index contributed by atoms with van der Waals surface area (Å²) in [6, 6.07) is 5.64. The summed E-state index contributed by atoms with van der Waals surface area (Å²) in [5.74, 6) is -0.152. The van der Waals surface area contributed by atoms with E-state index in [0.29, 0.717) is 11.4 Å². The van der Waals surface area contributed by atoms with Gasteiger partial charge in [0.2, 0.25) is 5.91 Å². The fourth-order valence-corrected chi connectivity index (χ4v) is 2.59. The van der Waals surface area contributed by atoms with Gasteiger partial charge in [0.05, 0.1) is 17.1 Å². The Hall–Kier alpha value is -1.24. The minimum atomic E-state index is -0.152. The quantitative estimate of drug-likeness (QED) is 0.760. The summed E-state index contributed by atoms with van der Waals surface area (Å²) >= 11 is 3.39. The number of halogens is 3. The zero-order chi connectivity index (χ0) is 14.9. The highest BCUT2D eigenvalue weighted by Gasteiger charge is 2.10. The lowest BCUT2D eigenvalue weighted by atomic mass is 10.1. The summed E-state index contributed by atoms with van der Waals surface area (Å²) in [5, 5.41) is 7.09. The number of anilines is 2. The maximum Gasteiger partial charge on any atom is 0.246 e. The van der Waals surface area contributed by atoms with Crippen molar-refractivity contribution in [1.29, 1.82) is 0 Å². The molecule has 0 radical (unpaired) electrons. The number of aromatic nitrogens is 2. The molecule has 0 aliphatic carbocycles. The van der Waals surface area contributed by atoms with Gasteiger partial charge in [0.15, 0.2) is 0 Å². The van der Waals surface area contributed by atoms with Gasteiger partial charge in [-0.05, 0) is 44.5 Å². The van der Waals surface area contributed by atoms with Crippen molar-refractivity contribution in [1.82, 2.24) is 9.78 Å². The average Bonchev–Trinajstić information content (AvgIpc) is 2.64. The van der Waals surface area contributed by atoms with Crippen LogP contribution < -0.4 is 11.1 Å². The fraction of sp³-hybridized carbons (Fsp3) is 0.286. The zero-order valence-electron chi connectivity index (χ0n) is 12.5. The molecule has 3 N–H and O–H groups in total. The van der Waals surface area contributed by atoms with Crippen LogP contribution >= 0.6 is 40.7 Å². The van der Waals surface area contributed by atoms with E-state index in [1.54, 1.807) is 10.7 Å². The Morgan fingerprint density at radius 3 is 2.45 bits per heavy atom. The van der Waals surface area contributed by atoms with Crippen molar-refractivity contribution in [3.63, 3.8) is 0 Å². The molecule has 0 saturated heterocycles. The van der Waals surface area contributed by atoms with Crippen LogP contribution in [0.4, 0.5) is 11.4 Å². The van der Waals surface area contributed by atoms with Crippen LogP contribution in [-0.2, 0) is 11.3 Å². The van der Waals surface area contributed by atoms with Crippen molar-refractivity contribution in [3.8, 4) is 0 Å². The zero-order valence-corrected chi connectivity index (χ0v) is 15.7. The van der Waals surface area contributed by atoms with E-state index in [9.17, 15) is 4.79 Å². The van der Waals surface area contributed by atoms with E-state index >= 15 is 0 Å². The Bertz CT molecular complexity index is 673. The lowest BCUT2D eigenvalue weighted by Gasteiger charge is -2.11. The lowest BCUT2D eigenvalue weighted by Crippen LogP contribution is -2.21. The van der Waals surface area contributed by atoms with Crippen LogP contribution in [0.3, 0.4) is 0 Å². The van der Waals surface area contributed by atoms with E-state index in [2.05, 4.69) is 26.3 Å². The van der Waals surface area contributed by atoms with Gasteiger partial charge in [-0.2, -0.15) is 5.10 Å². The molecule has 22 heavy (non-hydrogen) atoms. The molecule has 5 nitrogen and oxygen atoms in total. The van der Waals surface area contributed by atoms with Crippen LogP contribution in [-0.4, -0.2) is 15.7 Å². The SMILES string of the molecule is Cc1cc(C)n(CC(=O)Nc2cc(Br)cc(C)c2N)n1.Cl.Cl. The first-order valence-electron chi connectivity index (χ1n) is 6.23. The van der Waals surface area contributed by atoms with Crippen molar-refractivity contribution in [2.75, 3.05) is 11.1 Å². The maximum atomic E-state index is 12.1. The molecule has 0 fully saturated rings. The number of amides is 1. The first-order chi connectivity index (χ1) is 9.36. The van der Waals surface area contributed by atoms with E-state index < -0.39 is 0 Å². The topological polar surface area (TPSA) is 72.9 Å². The molecule has 0 aliphatic rings. The Balaban J connectivity index is 0.00000220. The summed E-state index contributed by atoms with van der Waals surface area (Å²) in [7, 11) is 0. The molecule has 1 amide bonds. The molecular formula is C14H19BrCl2N4O. The van der Waals surface area contributed by atoms with Crippen molar-refractivity contribution >= 4 is 58.0 Å². The van der Waals surface area contributed by atoms with E-state index in [4.69, 9.17) is 5.73 Å². The number of nitrogens with one attached hydrogen (secondary N) is 1. The van der Waals surface area contributed by atoms with Gasteiger partial charge in [-0.25, -0.2) is 0 Å². The minimum absolute atomic E-state index is 0. The molecule has 1 heterocycles. The van der Waals surface area contributed by atoms with E-state index in [1.165, 1.54) is 0 Å². The molecular weight excluding hydrogens is 391 g/mol. The third-order valence-corrected chi connectivity index (χ3v) is 3.48. The molecule has 1 aromatic heterocycles. The van der Waals surface area contributed by atoms with Gasteiger partial charge in [0.1, 0.15) is 6.54 Å². The molecule has 122 valence electrons. The molecule has 0 unspecified atom stereocenters. The van der Waals surface area contributed by atoms with Crippen molar-refractivity contribution in [2.24, 2.45) is 0 Å². The first kappa shape index (κ1) is 20.8. The third-order valence-electron chi connectivity index (χ3n) is 3.02. The van der Waals surface area contributed by atoms with E-state index in [-0.39, 0.29) is 37.3 Å². The number of hydrogen-bond donors (Lipinski definition) is 2. The number of benzene rings is 1. The number of nitrogen functional groups attached to an aromatic ring is 1. The molecule has 0 aliphatic heterocycles. The molecule has 0 saturated carbocycles. The number of aryl methyl sites for hydroxylation is 3. The predicted molar refractivity (Wildman–Crippen MR) is 98.1 cm³/mol. The number of rotatable bonds is 3. The second-order valence-electron chi connectivity index (χ2n) is 4.82. The number of nitrogens with zero attached hydrogens (tertiary/aromatic N) is 2. The molecule has 0 bridgehead atoms. The third kappa shape index (κ3) is 4.90. The molecule has 0 atom stereocenters. The monoisotopic (exact) mass is 408 g/mol. The minimum Gasteiger partial charge on any atom is -0.397 e.